The molecule has 2 aromatic rings. The molecule has 3 aliphatic heterocycles. The first-order valence-electron chi connectivity index (χ1n) is 11.8. The number of halogens is 1. The number of benzene rings is 2. The van der Waals surface area contributed by atoms with Crippen LogP contribution in [-0.4, -0.2) is 49.1 Å². The van der Waals surface area contributed by atoms with Crippen LogP contribution in [-0.2, 0) is 0 Å². The first kappa shape index (κ1) is 20.0. The molecule has 3 heterocycles. The van der Waals surface area contributed by atoms with Crippen LogP contribution in [0.3, 0.4) is 0 Å². The van der Waals surface area contributed by atoms with Crippen LogP contribution >= 0.6 is 0 Å². The van der Waals surface area contributed by atoms with Crippen molar-refractivity contribution < 1.29 is 9.13 Å². The van der Waals surface area contributed by atoms with Gasteiger partial charge in [-0.15, -0.1) is 0 Å². The van der Waals surface area contributed by atoms with E-state index in [0.29, 0.717) is 12.0 Å². The zero-order chi connectivity index (χ0) is 20.3. The lowest BCUT2D eigenvalue weighted by atomic mass is 9.81. The molecule has 3 nitrogen and oxygen atoms in total. The van der Waals surface area contributed by atoms with E-state index in [4.69, 9.17) is 4.74 Å². The second kappa shape index (κ2) is 9.07. The highest BCUT2D eigenvalue weighted by Gasteiger charge is 2.36. The van der Waals surface area contributed by atoms with E-state index in [0.717, 1.165) is 38.4 Å². The summed E-state index contributed by atoms with van der Waals surface area (Å²) >= 11 is 0. The van der Waals surface area contributed by atoms with Crippen molar-refractivity contribution in [2.45, 2.75) is 50.5 Å². The number of ether oxygens (including phenoxy) is 1. The molecule has 0 spiro atoms. The van der Waals surface area contributed by atoms with Crippen molar-refractivity contribution >= 4 is 0 Å². The van der Waals surface area contributed by atoms with Gasteiger partial charge in [0.15, 0.2) is 0 Å². The van der Waals surface area contributed by atoms with Crippen molar-refractivity contribution in [1.82, 2.24) is 9.80 Å². The van der Waals surface area contributed by atoms with Crippen LogP contribution in [0.1, 0.15) is 67.2 Å². The molecule has 2 saturated heterocycles. The van der Waals surface area contributed by atoms with Crippen LogP contribution in [0.2, 0.25) is 0 Å². The van der Waals surface area contributed by atoms with Crippen molar-refractivity contribution in [3.8, 4) is 5.75 Å². The van der Waals surface area contributed by atoms with Crippen molar-refractivity contribution in [2.24, 2.45) is 0 Å². The first-order valence-corrected chi connectivity index (χ1v) is 11.8. The molecular weight excluding hydrogens is 375 g/mol. The minimum Gasteiger partial charge on any atom is -0.494 e. The minimum atomic E-state index is -0.165. The largest absolute Gasteiger partial charge is 0.494 e. The summed E-state index contributed by atoms with van der Waals surface area (Å²) in [4.78, 5) is 5.18. The summed E-state index contributed by atoms with van der Waals surface area (Å²) in [6.07, 6.45) is 7.64. The normalized spacial score (nSPS) is 24.4. The predicted octanol–water partition coefficient (Wildman–Crippen LogP) is 5.36. The number of fused-ring (bicyclic) bond motifs is 3. The van der Waals surface area contributed by atoms with Gasteiger partial charge in [0.25, 0.3) is 0 Å². The van der Waals surface area contributed by atoms with Gasteiger partial charge in [0.1, 0.15) is 11.6 Å². The van der Waals surface area contributed by atoms with Gasteiger partial charge in [0.2, 0.25) is 0 Å². The van der Waals surface area contributed by atoms with Crippen LogP contribution < -0.4 is 4.74 Å². The van der Waals surface area contributed by atoms with Crippen LogP contribution in [0.4, 0.5) is 4.39 Å². The fraction of sp³-hybridized carbons (Fsp3) is 0.538. The number of hydrogen-bond donors (Lipinski definition) is 0. The van der Waals surface area contributed by atoms with Crippen molar-refractivity contribution in [1.29, 1.82) is 0 Å². The van der Waals surface area contributed by atoms with E-state index < -0.39 is 0 Å². The molecule has 2 atom stereocenters. The van der Waals surface area contributed by atoms with Crippen LogP contribution in [0.15, 0.2) is 42.5 Å². The Bertz CT molecular complexity index is 847. The second-order valence-corrected chi connectivity index (χ2v) is 9.15. The van der Waals surface area contributed by atoms with Gasteiger partial charge in [-0.05, 0) is 92.7 Å². The molecule has 0 aliphatic carbocycles. The molecule has 0 unspecified atom stereocenters. The van der Waals surface area contributed by atoms with Crippen molar-refractivity contribution in [3.63, 3.8) is 0 Å². The summed E-state index contributed by atoms with van der Waals surface area (Å²) in [5.74, 6) is 1.14. The number of hydrogen-bond acceptors (Lipinski definition) is 3. The zero-order valence-electron chi connectivity index (χ0n) is 17.9. The van der Waals surface area contributed by atoms with Crippen LogP contribution in [0.5, 0.6) is 5.75 Å². The van der Waals surface area contributed by atoms with Gasteiger partial charge in [-0.1, -0.05) is 24.6 Å². The molecule has 0 bridgehead atoms. The predicted molar refractivity (Wildman–Crippen MR) is 119 cm³/mol. The molecule has 3 aliphatic rings. The Labute approximate surface area is 179 Å². The summed E-state index contributed by atoms with van der Waals surface area (Å²) in [5, 5.41) is 0. The third kappa shape index (κ3) is 4.26. The van der Waals surface area contributed by atoms with Gasteiger partial charge in [-0.25, -0.2) is 4.39 Å². The third-order valence-electron chi connectivity index (χ3n) is 7.18. The molecule has 0 saturated carbocycles. The molecule has 2 aromatic carbocycles. The van der Waals surface area contributed by atoms with Crippen molar-refractivity contribution in [3.05, 3.63) is 65.0 Å². The summed E-state index contributed by atoms with van der Waals surface area (Å²) in [6, 6.07) is 14.3. The molecule has 0 aromatic heterocycles. The molecule has 5 rings (SSSR count). The maximum absolute atomic E-state index is 13.5. The second-order valence-electron chi connectivity index (χ2n) is 9.15. The highest BCUT2D eigenvalue weighted by Crippen LogP contribution is 2.45. The lowest BCUT2D eigenvalue weighted by Crippen LogP contribution is -2.34. The Morgan fingerprint density at radius 1 is 0.900 bits per heavy atom. The van der Waals surface area contributed by atoms with Crippen LogP contribution in [0, 0.1) is 5.82 Å². The van der Waals surface area contributed by atoms with E-state index in [2.05, 4.69) is 28.0 Å². The minimum absolute atomic E-state index is 0.165. The molecule has 0 radical (unpaired) electrons. The van der Waals surface area contributed by atoms with E-state index in [-0.39, 0.29) is 5.82 Å². The van der Waals surface area contributed by atoms with Crippen LogP contribution in [0.25, 0.3) is 0 Å². The summed E-state index contributed by atoms with van der Waals surface area (Å²) in [6.45, 7) is 6.61. The standard InChI is InChI=1S/C26H33FN2O/c27-21-9-7-20(8-10-21)25-19-29-16-4-6-26(29)24-18-22(11-12-23(24)25)30-17-5-15-28-13-2-1-3-14-28/h7-12,18,25-26H,1-6,13-17,19H2/t25-,26-/m1/s1. The Morgan fingerprint density at radius 3 is 2.57 bits per heavy atom. The monoisotopic (exact) mass is 408 g/mol. The topological polar surface area (TPSA) is 15.7 Å². The fourth-order valence-electron chi connectivity index (χ4n) is 5.62. The quantitative estimate of drug-likeness (QED) is 0.598. The highest BCUT2D eigenvalue weighted by molar-refractivity contribution is 5.46. The van der Waals surface area contributed by atoms with Crippen molar-refractivity contribution in [2.75, 3.05) is 39.3 Å². The maximum atomic E-state index is 13.5. The lowest BCUT2D eigenvalue weighted by molar-refractivity contribution is 0.204. The fourth-order valence-corrected chi connectivity index (χ4v) is 5.62. The number of likely N-dealkylation sites (tertiary alicyclic amines) is 1. The molecule has 4 heteroatoms. The van der Waals surface area contributed by atoms with Gasteiger partial charge < -0.3 is 9.64 Å². The summed E-state index contributed by atoms with van der Waals surface area (Å²) in [7, 11) is 0. The maximum Gasteiger partial charge on any atom is 0.123 e. The third-order valence-corrected chi connectivity index (χ3v) is 7.18. The van der Waals surface area contributed by atoms with Gasteiger partial charge in [-0.2, -0.15) is 0 Å². The van der Waals surface area contributed by atoms with E-state index in [9.17, 15) is 4.39 Å². The Balaban J connectivity index is 1.29. The molecule has 0 N–H and O–H groups in total. The molecule has 160 valence electrons. The van der Waals surface area contributed by atoms with E-state index >= 15 is 0 Å². The Kier molecular flexibility index (Phi) is 6.05. The first-order chi connectivity index (χ1) is 14.8. The molecule has 30 heavy (non-hydrogen) atoms. The number of piperidine rings is 1. The van der Waals surface area contributed by atoms with E-state index in [1.54, 1.807) is 12.1 Å². The SMILES string of the molecule is Fc1ccc([C@H]2CN3CCC[C@@H]3c3cc(OCCCN4CCCCC4)ccc32)cc1. The van der Waals surface area contributed by atoms with Gasteiger partial charge in [-0.3, -0.25) is 4.90 Å². The number of nitrogens with zero attached hydrogens (tertiary/aromatic N) is 2. The van der Waals surface area contributed by atoms with Gasteiger partial charge >= 0.3 is 0 Å². The summed E-state index contributed by atoms with van der Waals surface area (Å²) in [5.41, 5.74) is 4.02. The van der Waals surface area contributed by atoms with Gasteiger partial charge in [0.05, 0.1) is 6.61 Å². The Morgan fingerprint density at radius 2 is 1.73 bits per heavy atom. The zero-order valence-corrected chi connectivity index (χ0v) is 17.9. The smallest absolute Gasteiger partial charge is 0.123 e. The molecular formula is C26H33FN2O. The molecule has 2 fully saturated rings. The highest BCUT2D eigenvalue weighted by atomic mass is 19.1. The molecule has 0 amide bonds. The summed E-state index contributed by atoms with van der Waals surface area (Å²) < 4.78 is 19.6. The average Bonchev–Trinajstić information content (AvgIpc) is 3.26. The van der Waals surface area contributed by atoms with Gasteiger partial charge in [0, 0.05) is 25.0 Å². The number of rotatable bonds is 6. The average molecular weight is 409 g/mol. The Hall–Kier alpha value is -1.91. The van der Waals surface area contributed by atoms with E-state index in [1.165, 1.54) is 61.9 Å². The van der Waals surface area contributed by atoms with E-state index in [1.807, 2.05) is 12.1 Å². The lowest BCUT2D eigenvalue weighted by Gasteiger charge is -2.37.